The molecule has 0 aromatic heterocycles. The summed E-state index contributed by atoms with van der Waals surface area (Å²) in [7, 11) is -3.54. The van der Waals surface area contributed by atoms with Gasteiger partial charge in [-0.1, -0.05) is 6.92 Å². The molecule has 0 aliphatic carbocycles. The Morgan fingerprint density at radius 3 is 2.33 bits per heavy atom. The van der Waals surface area contributed by atoms with Gasteiger partial charge >= 0.3 is 0 Å². The number of nitro groups is 1. The summed E-state index contributed by atoms with van der Waals surface area (Å²) >= 11 is 5.11. The highest BCUT2D eigenvalue weighted by Crippen LogP contribution is 2.24. The van der Waals surface area contributed by atoms with Gasteiger partial charge in [0.05, 0.1) is 9.82 Å². The number of nitrogens with one attached hydrogen (secondary N) is 2. The Labute approximate surface area is 197 Å². The number of non-ortho nitro benzene ring substituents is 1. The Bertz CT molecular complexity index is 1110. The van der Waals surface area contributed by atoms with Gasteiger partial charge in [0.25, 0.3) is 11.6 Å². The van der Waals surface area contributed by atoms with Crippen LogP contribution in [0.1, 0.15) is 19.8 Å². The molecule has 2 N–H and O–H groups in total. The molecule has 1 saturated heterocycles. The molecule has 1 aliphatic heterocycles. The van der Waals surface area contributed by atoms with E-state index in [0.29, 0.717) is 30.4 Å². The summed E-state index contributed by atoms with van der Waals surface area (Å²) in [5.41, 5.74) is 0.435. The second-order valence-electron chi connectivity index (χ2n) is 7.65. The molecule has 1 heterocycles. The zero-order chi connectivity index (χ0) is 24.0. The summed E-state index contributed by atoms with van der Waals surface area (Å²) in [5.74, 6) is 0.303. The fourth-order valence-corrected chi connectivity index (χ4v) is 4.92. The van der Waals surface area contributed by atoms with Crippen LogP contribution in [0.4, 0.5) is 11.4 Å². The Kier molecular flexibility index (Phi) is 7.95. The molecule has 0 bridgehead atoms. The third kappa shape index (κ3) is 6.70. The van der Waals surface area contributed by atoms with Crippen LogP contribution in [0.5, 0.6) is 5.75 Å². The van der Waals surface area contributed by atoms with E-state index in [0.717, 1.165) is 12.8 Å². The summed E-state index contributed by atoms with van der Waals surface area (Å²) in [6, 6.07) is 11.5. The molecule has 33 heavy (non-hydrogen) atoms. The molecule has 2 aromatic rings. The first-order valence-corrected chi connectivity index (χ1v) is 12.1. The van der Waals surface area contributed by atoms with Crippen molar-refractivity contribution in [3.63, 3.8) is 0 Å². The zero-order valence-corrected chi connectivity index (χ0v) is 19.5. The van der Waals surface area contributed by atoms with Crippen LogP contribution in [-0.2, 0) is 14.8 Å². The van der Waals surface area contributed by atoms with Crippen molar-refractivity contribution in [3.8, 4) is 5.75 Å². The summed E-state index contributed by atoms with van der Waals surface area (Å²) in [4.78, 5) is 22.3. The molecule has 0 unspecified atom stereocenters. The molecule has 1 aliphatic rings. The second kappa shape index (κ2) is 10.7. The standard InChI is InChI=1S/C21H24N4O6S2/c1-15-10-12-24(13-11-15)33(29,30)19-8-2-16(3-9-19)22-21(32)23-20(26)14-31-18-6-4-17(5-7-18)25(27)28/h2-9,15H,10-14H2,1H3,(H2,22,23,26,32). The number of hydrogen-bond donors (Lipinski definition) is 2. The summed E-state index contributed by atoms with van der Waals surface area (Å²) in [5, 5.41) is 15.9. The van der Waals surface area contributed by atoms with Crippen molar-refractivity contribution < 1.29 is 22.9 Å². The first-order valence-electron chi connectivity index (χ1n) is 10.2. The molecule has 176 valence electrons. The first kappa shape index (κ1) is 24.6. The number of ether oxygens (including phenoxy) is 1. The number of amides is 1. The van der Waals surface area contributed by atoms with E-state index in [2.05, 4.69) is 17.6 Å². The summed E-state index contributed by atoms with van der Waals surface area (Å²) < 4.78 is 32.4. The van der Waals surface area contributed by atoms with Crippen LogP contribution in [0.3, 0.4) is 0 Å². The van der Waals surface area contributed by atoms with E-state index in [4.69, 9.17) is 17.0 Å². The van der Waals surface area contributed by atoms with E-state index in [1.54, 1.807) is 12.1 Å². The average Bonchev–Trinajstić information content (AvgIpc) is 2.78. The minimum Gasteiger partial charge on any atom is -0.484 e. The molecule has 2 aromatic carbocycles. The lowest BCUT2D eigenvalue weighted by Gasteiger charge is -2.29. The first-order chi connectivity index (χ1) is 15.6. The van der Waals surface area contributed by atoms with Gasteiger partial charge < -0.3 is 10.1 Å². The van der Waals surface area contributed by atoms with E-state index in [1.165, 1.54) is 40.7 Å². The second-order valence-corrected chi connectivity index (χ2v) is 10.00. The number of rotatable bonds is 7. The molecular weight excluding hydrogens is 468 g/mol. The lowest BCUT2D eigenvalue weighted by Crippen LogP contribution is -2.38. The third-order valence-corrected chi connectivity index (χ3v) is 7.28. The van der Waals surface area contributed by atoms with Gasteiger partial charge in [0.2, 0.25) is 10.0 Å². The largest absolute Gasteiger partial charge is 0.484 e. The smallest absolute Gasteiger partial charge is 0.269 e. The van der Waals surface area contributed by atoms with E-state index in [1.807, 2.05) is 0 Å². The molecule has 1 amide bonds. The van der Waals surface area contributed by atoms with Gasteiger partial charge in [0.15, 0.2) is 11.7 Å². The fourth-order valence-electron chi connectivity index (χ4n) is 3.22. The average molecular weight is 493 g/mol. The van der Waals surface area contributed by atoms with E-state index >= 15 is 0 Å². The lowest BCUT2D eigenvalue weighted by molar-refractivity contribution is -0.384. The molecule has 3 rings (SSSR count). The number of thiocarbonyl (C=S) groups is 1. The third-order valence-electron chi connectivity index (χ3n) is 5.16. The van der Waals surface area contributed by atoms with Gasteiger partial charge in [0, 0.05) is 30.9 Å². The molecule has 1 fully saturated rings. The predicted molar refractivity (Wildman–Crippen MR) is 127 cm³/mol. The van der Waals surface area contributed by atoms with E-state index in [9.17, 15) is 23.3 Å². The molecule has 0 radical (unpaired) electrons. The van der Waals surface area contributed by atoms with Gasteiger partial charge in [-0.15, -0.1) is 0 Å². The van der Waals surface area contributed by atoms with Gasteiger partial charge in [-0.25, -0.2) is 8.42 Å². The Hall–Kier alpha value is -3.09. The van der Waals surface area contributed by atoms with Crippen LogP contribution >= 0.6 is 12.2 Å². The quantitative estimate of drug-likeness (QED) is 0.343. The highest BCUT2D eigenvalue weighted by molar-refractivity contribution is 7.89. The molecule has 0 saturated carbocycles. The number of hydrogen-bond acceptors (Lipinski definition) is 7. The van der Waals surface area contributed by atoms with Gasteiger partial charge in [-0.3, -0.25) is 20.2 Å². The van der Waals surface area contributed by atoms with Crippen molar-refractivity contribution >= 4 is 44.6 Å². The van der Waals surface area contributed by atoms with Gasteiger partial charge in [0.1, 0.15) is 5.75 Å². The van der Waals surface area contributed by atoms with Gasteiger partial charge in [-0.2, -0.15) is 4.31 Å². The van der Waals surface area contributed by atoms with Crippen LogP contribution in [0.25, 0.3) is 0 Å². The van der Waals surface area contributed by atoms with Gasteiger partial charge in [-0.05, 0) is 67.4 Å². The minimum absolute atomic E-state index is 0.0212. The minimum atomic E-state index is -3.54. The number of sulfonamides is 1. The SMILES string of the molecule is CC1CCN(S(=O)(=O)c2ccc(NC(=S)NC(=O)COc3ccc([N+](=O)[O-])cc3)cc2)CC1. The number of nitro benzene ring substituents is 1. The number of piperidine rings is 1. The monoisotopic (exact) mass is 492 g/mol. The number of carbonyl (C=O) groups excluding carboxylic acids is 1. The van der Waals surface area contributed by atoms with Crippen LogP contribution in [0.2, 0.25) is 0 Å². The number of benzene rings is 2. The lowest BCUT2D eigenvalue weighted by atomic mass is 10.0. The number of carbonyl (C=O) groups is 1. The number of anilines is 1. The predicted octanol–water partition coefficient (Wildman–Crippen LogP) is 2.91. The Morgan fingerprint density at radius 2 is 1.76 bits per heavy atom. The summed E-state index contributed by atoms with van der Waals surface area (Å²) in [6.45, 7) is 2.81. The molecule has 10 nitrogen and oxygen atoms in total. The molecule has 12 heteroatoms. The van der Waals surface area contributed by atoms with Crippen LogP contribution in [0.15, 0.2) is 53.4 Å². The Morgan fingerprint density at radius 1 is 1.15 bits per heavy atom. The molecular formula is C21H24N4O6S2. The van der Waals surface area contributed by atoms with Crippen molar-refractivity contribution in [1.82, 2.24) is 9.62 Å². The van der Waals surface area contributed by atoms with Crippen molar-refractivity contribution in [1.29, 1.82) is 0 Å². The maximum absolute atomic E-state index is 12.8. The van der Waals surface area contributed by atoms with E-state index < -0.39 is 20.9 Å². The highest BCUT2D eigenvalue weighted by atomic mass is 32.2. The highest BCUT2D eigenvalue weighted by Gasteiger charge is 2.27. The fraction of sp³-hybridized carbons (Fsp3) is 0.333. The van der Waals surface area contributed by atoms with E-state index in [-0.39, 0.29) is 22.3 Å². The topological polar surface area (TPSA) is 131 Å². The Balaban J connectivity index is 1.49. The van der Waals surface area contributed by atoms with Crippen molar-refractivity contribution in [2.24, 2.45) is 5.92 Å². The maximum atomic E-state index is 12.8. The normalized spacial score (nSPS) is 14.9. The van der Waals surface area contributed by atoms with Crippen LogP contribution in [-0.4, -0.2) is 48.4 Å². The van der Waals surface area contributed by atoms with Crippen LogP contribution in [0, 0.1) is 16.0 Å². The van der Waals surface area contributed by atoms with Crippen molar-refractivity contribution in [3.05, 3.63) is 58.6 Å². The van der Waals surface area contributed by atoms with Crippen LogP contribution < -0.4 is 15.4 Å². The van der Waals surface area contributed by atoms with Crippen molar-refractivity contribution in [2.75, 3.05) is 25.0 Å². The number of nitrogens with zero attached hydrogens (tertiary/aromatic N) is 2. The molecule has 0 spiro atoms. The maximum Gasteiger partial charge on any atom is 0.269 e. The molecule has 0 atom stereocenters. The zero-order valence-electron chi connectivity index (χ0n) is 17.9. The summed E-state index contributed by atoms with van der Waals surface area (Å²) in [6.07, 6.45) is 1.70. The van der Waals surface area contributed by atoms with Crippen molar-refractivity contribution in [2.45, 2.75) is 24.7 Å².